The van der Waals surface area contributed by atoms with Crippen LogP contribution in [-0.2, 0) is 11.3 Å². The number of para-hydroxylation sites is 1. The van der Waals surface area contributed by atoms with Crippen LogP contribution in [0.4, 0.5) is 18.3 Å². The molecule has 13 heteroatoms. The number of anilines is 1. The minimum atomic E-state index is -4.83. The molecule has 0 spiro atoms. The van der Waals surface area contributed by atoms with E-state index in [0.29, 0.717) is 40.1 Å². The first-order chi connectivity index (χ1) is 22.0. The van der Waals surface area contributed by atoms with Crippen molar-refractivity contribution in [2.24, 2.45) is 11.8 Å². The predicted octanol–water partition coefficient (Wildman–Crippen LogP) is 8.40. The van der Waals surface area contributed by atoms with E-state index in [1.54, 1.807) is 18.2 Å². The quantitative estimate of drug-likeness (QED) is 0.164. The van der Waals surface area contributed by atoms with Gasteiger partial charge in [0.05, 0.1) is 29.1 Å². The average Bonchev–Trinajstić information content (AvgIpc) is 3.54. The molecule has 2 N–H and O–H groups in total. The lowest BCUT2D eigenvalue weighted by atomic mass is 9.82. The number of nitrogens with zero attached hydrogens (tertiary/aromatic N) is 2. The van der Waals surface area contributed by atoms with Crippen molar-refractivity contribution in [3.05, 3.63) is 53.3 Å². The predicted molar refractivity (Wildman–Crippen MR) is 164 cm³/mol. The second kappa shape index (κ2) is 12.1. The van der Waals surface area contributed by atoms with E-state index < -0.39 is 12.3 Å². The minimum absolute atomic E-state index is 0.0217. The number of halogens is 3. The fourth-order valence-corrected chi connectivity index (χ4v) is 7.90. The molecule has 2 aromatic heterocycles. The first-order valence-electron chi connectivity index (χ1n) is 15.6. The van der Waals surface area contributed by atoms with E-state index in [9.17, 15) is 23.1 Å². The number of carbonyl (C=O) groups is 1. The molecule has 0 amide bonds. The molecular weight excluding hydrogens is 623 g/mol. The molecule has 46 heavy (non-hydrogen) atoms. The van der Waals surface area contributed by atoms with E-state index in [0.717, 1.165) is 48.4 Å². The first kappa shape index (κ1) is 30.8. The third kappa shape index (κ3) is 6.39. The van der Waals surface area contributed by atoms with Crippen molar-refractivity contribution in [3.63, 3.8) is 0 Å². The molecular formula is C33H34F3N3O6S. The number of rotatable bonds is 11. The summed E-state index contributed by atoms with van der Waals surface area (Å²) in [5.74, 6) is 0.687. The van der Waals surface area contributed by atoms with Gasteiger partial charge in [0, 0.05) is 23.1 Å². The number of benzene rings is 2. The Morgan fingerprint density at radius 1 is 1.11 bits per heavy atom. The fourth-order valence-electron chi connectivity index (χ4n) is 6.93. The van der Waals surface area contributed by atoms with E-state index in [-0.39, 0.29) is 47.7 Å². The highest BCUT2D eigenvalue weighted by molar-refractivity contribution is 7.22. The molecule has 9 nitrogen and oxygen atoms in total. The van der Waals surface area contributed by atoms with Crippen LogP contribution in [0.2, 0.25) is 0 Å². The van der Waals surface area contributed by atoms with Gasteiger partial charge in [0.2, 0.25) is 0 Å². The van der Waals surface area contributed by atoms with Crippen molar-refractivity contribution < 1.29 is 41.8 Å². The molecule has 3 aliphatic rings. The van der Waals surface area contributed by atoms with Crippen molar-refractivity contribution in [3.8, 4) is 22.8 Å². The standard InChI is InChI=1S/C33H34F3N3O6S/c1-16(2)43-25-13-20(31(40)41)14-26-29(25)38-32(46-26)37-27-18-9-10-19(27)12-21(11-18)42-15-23-28(39-45-30(23)17-7-8-17)22-5-3-4-6-24(22)44-33(34,35)36/h3-6,13-14,16-19,21,27H,7-12,15H2,1-2H3,(H,37,38)(H,40,41)/t18-,19+,21+,27-. The molecule has 0 aliphatic heterocycles. The Morgan fingerprint density at radius 2 is 1.85 bits per heavy atom. The number of ether oxygens (including phenoxy) is 3. The maximum absolute atomic E-state index is 13.2. The summed E-state index contributed by atoms with van der Waals surface area (Å²) >= 11 is 1.42. The number of nitrogens with one attached hydrogen (secondary N) is 1. The number of hydrogen-bond acceptors (Lipinski definition) is 9. The molecule has 4 aromatic rings. The molecule has 3 fully saturated rings. The second-order valence-electron chi connectivity index (χ2n) is 12.7. The van der Waals surface area contributed by atoms with E-state index in [1.807, 2.05) is 13.8 Å². The monoisotopic (exact) mass is 657 g/mol. The number of carboxylic acid groups (broad SMARTS) is 1. The van der Waals surface area contributed by atoms with E-state index >= 15 is 0 Å². The molecule has 2 aromatic carbocycles. The number of carboxylic acids is 1. The lowest BCUT2D eigenvalue weighted by Crippen LogP contribution is -2.39. The zero-order valence-corrected chi connectivity index (χ0v) is 26.1. The van der Waals surface area contributed by atoms with Crippen LogP contribution in [-0.4, -0.2) is 45.8 Å². The zero-order valence-electron chi connectivity index (χ0n) is 25.3. The Morgan fingerprint density at radius 3 is 2.52 bits per heavy atom. The Hall–Kier alpha value is -3.84. The van der Waals surface area contributed by atoms with Crippen LogP contribution < -0.4 is 14.8 Å². The lowest BCUT2D eigenvalue weighted by Gasteiger charge is -2.35. The smallest absolute Gasteiger partial charge is 0.489 e. The Labute approximate surface area is 267 Å². The van der Waals surface area contributed by atoms with Gasteiger partial charge in [-0.15, -0.1) is 13.2 Å². The van der Waals surface area contributed by atoms with Gasteiger partial charge in [0.15, 0.2) is 5.13 Å². The summed E-state index contributed by atoms with van der Waals surface area (Å²) in [5.41, 5.74) is 2.03. The maximum Gasteiger partial charge on any atom is 0.573 e. The first-order valence-corrected chi connectivity index (χ1v) is 16.4. The number of aromatic nitrogens is 2. The SMILES string of the molecule is CC(C)Oc1cc(C(=O)O)cc2sc(N[C@@H]3[C@@H]4CC[C@H]3C[C@@H](OCc3c(-c5ccccc5OC(F)(F)F)noc3C3CC3)C4)nc12. The number of hydrogen-bond donors (Lipinski definition) is 2. The van der Waals surface area contributed by atoms with Crippen molar-refractivity contribution >= 4 is 32.7 Å². The summed E-state index contributed by atoms with van der Waals surface area (Å²) in [6, 6.07) is 9.33. The number of aromatic carboxylic acids is 1. The van der Waals surface area contributed by atoms with Gasteiger partial charge in [-0.1, -0.05) is 28.6 Å². The van der Waals surface area contributed by atoms with Gasteiger partial charge in [-0.2, -0.15) is 0 Å². The van der Waals surface area contributed by atoms with Gasteiger partial charge in [0.25, 0.3) is 0 Å². The summed E-state index contributed by atoms with van der Waals surface area (Å²) in [7, 11) is 0. The summed E-state index contributed by atoms with van der Waals surface area (Å²) < 4.78 is 62.6. The molecule has 3 aliphatic carbocycles. The Bertz CT molecular complexity index is 1740. The summed E-state index contributed by atoms with van der Waals surface area (Å²) in [6.45, 7) is 3.97. The molecule has 2 heterocycles. The lowest BCUT2D eigenvalue weighted by molar-refractivity contribution is -0.274. The summed E-state index contributed by atoms with van der Waals surface area (Å²) in [4.78, 5) is 16.5. The van der Waals surface area contributed by atoms with Crippen molar-refractivity contribution in [1.82, 2.24) is 10.1 Å². The fraction of sp³-hybridized carbons (Fsp3) is 0.485. The number of thiazole rings is 1. The molecule has 0 unspecified atom stereocenters. The van der Waals surface area contributed by atoms with Crippen LogP contribution >= 0.6 is 11.3 Å². The van der Waals surface area contributed by atoms with Crippen LogP contribution in [0.3, 0.4) is 0 Å². The van der Waals surface area contributed by atoms with Crippen molar-refractivity contribution in [1.29, 1.82) is 0 Å². The number of alkyl halides is 3. The topological polar surface area (TPSA) is 116 Å². The molecule has 244 valence electrons. The number of fused-ring (bicyclic) bond motifs is 3. The van der Waals surface area contributed by atoms with E-state index in [2.05, 4.69) is 15.2 Å². The van der Waals surface area contributed by atoms with Crippen LogP contribution in [0, 0.1) is 11.8 Å². The summed E-state index contributed by atoms with van der Waals surface area (Å²) in [6.07, 6.45) is 0.653. The Kier molecular flexibility index (Phi) is 8.08. The Balaban J connectivity index is 1.06. The van der Waals surface area contributed by atoms with Gasteiger partial charge in [-0.3, -0.25) is 0 Å². The van der Waals surface area contributed by atoms with Crippen LogP contribution in [0.25, 0.3) is 21.5 Å². The highest BCUT2D eigenvalue weighted by Crippen LogP contribution is 2.48. The molecule has 3 saturated carbocycles. The molecule has 0 saturated heterocycles. The largest absolute Gasteiger partial charge is 0.573 e. The normalized spacial score (nSPS) is 22.8. The highest BCUT2D eigenvalue weighted by Gasteiger charge is 2.44. The van der Waals surface area contributed by atoms with Crippen LogP contribution in [0.15, 0.2) is 40.9 Å². The zero-order chi connectivity index (χ0) is 32.2. The van der Waals surface area contributed by atoms with Gasteiger partial charge >= 0.3 is 12.3 Å². The van der Waals surface area contributed by atoms with Crippen LogP contribution in [0.1, 0.15) is 80.0 Å². The third-order valence-corrected chi connectivity index (χ3v) is 9.95. The maximum atomic E-state index is 13.2. The molecule has 2 bridgehead atoms. The molecule has 0 radical (unpaired) electrons. The summed E-state index contributed by atoms with van der Waals surface area (Å²) in [5, 5.41) is 18.2. The van der Waals surface area contributed by atoms with E-state index in [1.165, 1.54) is 29.5 Å². The average molecular weight is 658 g/mol. The molecule has 7 rings (SSSR count). The van der Waals surface area contributed by atoms with Gasteiger partial charge in [0.1, 0.15) is 28.5 Å². The van der Waals surface area contributed by atoms with Gasteiger partial charge < -0.3 is 29.2 Å². The van der Waals surface area contributed by atoms with Gasteiger partial charge in [-0.05, 0) is 88.5 Å². The minimum Gasteiger partial charge on any atom is -0.489 e. The van der Waals surface area contributed by atoms with Crippen molar-refractivity contribution in [2.45, 2.75) is 89.5 Å². The van der Waals surface area contributed by atoms with Crippen LogP contribution in [0.5, 0.6) is 11.5 Å². The van der Waals surface area contributed by atoms with Crippen molar-refractivity contribution in [2.75, 3.05) is 5.32 Å². The van der Waals surface area contributed by atoms with E-state index in [4.69, 9.17) is 19.0 Å². The third-order valence-electron chi connectivity index (χ3n) is 9.01. The molecule has 4 atom stereocenters. The second-order valence-corrected chi connectivity index (χ2v) is 13.7. The van der Waals surface area contributed by atoms with Gasteiger partial charge in [-0.25, -0.2) is 9.78 Å². The highest BCUT2D eigenvalue weighted by atomic mass is 32.1.